The number of morpholine rings is 1. The highest BCUT2D eigenvalue weighted by molar-refractivity contribution is 4.94. The molecule has 0 aromatic carbocycles. The minimum atomic E-state index is 0.104. The van der Waals surface area contributed by atoms with Crippen LogP contribution in [0.1, 0.15) is 40.4 Å². The molecule has 0 bridgehead atoms. The van der Waals surface area contributed by atoms with Crippen LogP contribution in [0.3, 0.4) is 0 Å². The predicted molar refractivity (Wildman–Crippen MR) is 85.3 cm³/mol. The number of nitrogens with zero attached hydrogens (tertiary/aromatic N) is 3. The molecule has 1 saturated heterocycles. The Morgan fingerprint density at radius 2 is 2.19 bits per heavy atom. The summed E-state index contributed by atoms with van der Waals surface area (Å²) in [5, 5.41) is 3.49. The van der Waals surface area contributed by atoms with Gasteiger partial charge in [-0.05, 0) is 34.6 Å². The van der Waals surface area contributed by atoms with Crippen LogP contribution in [-0.2, 0) is 17.8 Å². The van der Waals surface area contributed by atoms with Gasteiger partial charge in [-0.3, -0.25) is 4.90 Å². The molecule has 1 N–H and O–H groups in total. The molecule has 0 radical (unpaired) electrons. The summed E-state index contributed by atoms with van der Waals surface area (Å²) in [6, 6.07) is 0.584. The Hall–Kier alpha value is -0.910. The molecule has 21 heavy (non-hydrogen) atoms. The van der Waals surface area contributed by atoms with E-state index in [1.165, 1.54) is 0 Å². The zero-order chi connectivity index (χ0) is 15.5. The first kappa shape index (κ1) is 16.5. The smallest absolute Gasteiger partial charge is 0.122 e. The van der Waals surface area contributed by atoms with Crippen LogP contribution >= 0.6 is 0 Å². The Kier molecular flexibility index (Phi) is 5.41. The van der Waals surface area contributed by atoms with Gasteiger partial charge in [0.05, 0.1) is 25.8 Å². The maximum absolute atomic E-state index is 5.92. The van der Waals surface area contributed by atoms with Crippen LogP contribution < -0.4 is 5.32 Å². The summed E-state index contributed by atoms with van der Waals surface area (Å²) in [5.41, 5.74) is 0.104. The zero-order valence-electron chi connectivity index (χ0n) is 14.1. The van der Waals surface area contributed by atoms with Crippen molar-refractivity contribution in [3.05, 3.63) is 18.2 Å². The third-order valence-electron chi connectivity index (χ3n) is 3.88. The van der Waals surface area contributed by atoms with Crippen molar-refractivity contribution in [2.75, 3.05) is 19.7 Å². The van der Waals surface area contributed by atoms with Gasteiger partial charge in [-0.25, -0.2) is 4.98 Å². The lowest BCUT2D eigenvalue weighted by Crippen LogP contribution is -2.47. The molecule has 1 aromatic heterocycles. The maximum atomic E-state index is 5.92. The van der Waals surface area contributed by atoms with Gasteiger partial charge in [0.2, 0.25) is 0 Å². The fraction of sp³-hybridized carbons (Fsp3) is 0.812. The molecule has 120 valence electrons. The van der Waals surface area contributed by atoms with E-state index < -0.39 is 0 Å². The van der Waals surface area contributed by atoms with Crippen LogP contribution in [0, 0.1) is 0 Å². The minimum absolute atomic E-state index is 0.104. The van der Waals surface area contributed by atoms with E-state index >= 15 is 0 Å². The van der Waals surface area contributed by atoms with Crippen molar-refractivity contribution >= 4 is 0 Å². The number of imidazole rings is 1. The average Bonchev–Trinajstić information content (AvgIpc) is 2.83. The summed E-state index contributed by atoms with van der Waals surface area (Å²) in [4.78, 5) is 6.95. The quantitative estimate of drug-likeness (QED) is 0.900. The van der Waals surface area contributed by atoms with E-state index in [-0.39, 0.29) is 11.6 Å². The van der Waals surface area contributed by atoms with E-state index in [2.05, 4.69) is 60.6 Å². The third-order valence-corrected chi connectivity index (χ3v) is 3.88. The topological polar surface area (TPSA) is 42.3 Å². The zero-order valence-corrected chi connectivity index (χ0v) is 14.1. The van der Waals surface area contributed by atoms with Crippen LogP contribution in [-0.4, -0.2) is 51.8 Å². The lowest BCUT2D eigenvalue weighted by atomic mass is 10.1. The summed E-state index contributed by atoms with van der Waals surface area (Å²) >= 11 is 0. The first-order chi connectivity index (χ1) is 9.85. The molecule has 1 unspecified atom stereocenters. The van der Waals surface area contributed by atoms with Crippen molar-refractivity contribution in [2.45, 2.75) is 65.4 Å². The largest absolute Gasteiger partial charge is 0.374 e. The van der Waals surface area contributed by atoms with Gasteiger partial charge in [0, 0.05) is 37.1 Å². The first-order valence-corrected chi connectivity index (χ1v) is 7.96. The molecule has 1 atom stereocenters. The molecule has 1 fully saturated rings. The molecule has 2 rings (SSSR count). The number of rotatable bonds is 5. The summed E-state index contributed by atoms with van der Waals surface area (Å²) in [5.74, 6) is 1.08. The van der Waals surface area contributed by atoms with Crippen molar-refractivity contribution in [1.29, 1.82) is 0 Å². The maximum Gasteiger partial charge on any atom is 0.122 e. The highest BCUT2D eigenvalue weighted by atomic mass is 16.5. The Morgan fingerprint density at radius 1 is 1.43 bits per heavy atom. The molecule has 1 aromatic rings. The summed E-state index contributed by atoms with van der Waals surface area (Å²) in [6.07, 6.45) is 4.18. The van der Waals surface area contributed by atoms with Gasteiger partial charge in [-0.2, -0.15) is 0 Å². The van der Waals surface area contributed by atoms with Gasteiger partial charge in [0.25, 0.3) is 0 Å². The SMILES string of the molecule is CC(C)N1CCOC(Cn2ccnc2CNC(C)(C)C)C1. The van der Waals surface area contributed by atoms with E-state index in [1.54, 1.807) is 0 Å². The van der Waals surface area contributed by atoms with E-state index in [9.17, 15) is 0 Å². The Balaban J connectivity index is 1.92. The van der Waals surface area contributed by atoms with Crippen LogP contribution in [0.4, 0.5) is 0 Å². The van der Waals surface area contributed by atoms with Crippen molar-refractivity contribution in [1.82, 2.24) is 19.8 Å². The number of aromatic nitrogens is 2. The van der Waals surface area contributed by atoms with E-state index in [0.29, 0.717) is 6.04 Å². The highest BCUT2D eigenvalue weighted by Crippen LogP contribution is 2.12. The molecule has 2 heterocycles. The van der Waals surface area contributed by atoms with Gasteiger partial charge in [0.1, 0.15) is 5.82 Å². The van der Waals surface area contributed by atoms with Crippen LogP contribution in [0.5, 0.6) is 0 Å². The Labute approximate surface area is 128 Å². The first-order valence-electron chi connectivity index (χ1n) is 7.96. The summed E-state index contributed by atoms with van der Waals surface area (Å²) < 4.78 is 8.14. The average molecular weight is 294 g/mol. The van der Waals surface area contributed by atoms with Crippen molar-refractivity contribution in [3.8, 4) is 0 Å². The minimum Gasteiger partial charge on any atom is -0.374 e. The molecular formula is C16H30N4O. The second-order valence-corrected chi connectivity index (χ2v) is 7.18. The molecule has 0 aliphatic carbocycles. The van der Waals surface area contributed by atoms with E-state index in [1.807, 2.05) is 6.20 Å². The number of ether oxygens (including phenoxy) is 1. The number of nitrogens with one attached hydrogen (secondary N) is 1. The lowest BCUT2D eigenvalue weighted by Gasteiger charge is -2.35. The van der Waals surface area contributed by atoms with E-state index in [4.69, 9.17) is 4.74 Å². The molecule has 1 aliphatic rings. The summed E-state index contributed by atoms with van der Waals surface area (Å²) in [6.45, 7) is 15.5. The molecular weight excluding hydrogens is 264 g/mol. The highest BCUT2D eigenvalue weighted by Gasteiger charge is 2.23. The van der Waals surface area contributed by atoms with Crippen molar-refractivity contribution in [2.24, 2.45) is 0 Å². The monoisotopic (exact) mass is 294 g/mol. The second-order valence-electron chi connectivity index (χ2n) is 7.18. The van der Waals surface area contributed by atoms with Crippen LogP contribution in [0.25, 0.3) is 0 Å². The van der Waals surface area contributed by atoms with Gasteiger partial charge in [0.15, 0.2) is 0 Å². The standard InChI is InChI=1S/C16H30N4O/c1-13(2)19-8-9-21-14(11-19)12-20-7-6-17-15(20)10-18-16(3,4)5/h6-7,13-14,18H,8-12H2,1-5H3. The molecule has 0 amide bonds. The fourth-order valence-electron chi connectivity index (χ4n) is 2.56. The van der Waals surface area contributed by atoms with Crippen molar-refractivity contribution < 1.29 is 4.74 Å². The Bertz CT molecular complexity index is 436. The predicted octanol–water partition coefficient (Wildman–Crippen LogP) is 1.88. The van der Waals surface area contributed by atoms with Gasteiger partial charge in [-0.1, -0.05) is 0 Å². The molecule has 0 spiro atoms. The van der Waals surface area contributed by atoms with Crippen molar-refractivity contribution in [3.63, 3.8) is 0 Å². The number of hydrogen-bond donors (Lipinski definition) is 1. The summed E-state index contributed by atoms with van der Waals surface area (Å²) in [7, 11) is 0. The third kappa shape index (κ3) is 5.09. The van der Waals surface area contributed by atoms with Crippen LogP contribution in [0.15, 0.2) is 12.4 Å². The fourth-order valence-corrected chi connectivity index (χ4v) is 2.56. The second kappa shape index (κ2) is 6.90. The molecule has 5 heteroatoms. The normalized spacial score (nSPS) is 21.1. The van der Waals surface area contributed by atoms with Gasteiger partial charge < -0.3 is 14.6 Å². The Morgan fingerprint density at radius 3 is 2.86 bits per heavy atom. The van der Waals surface area contributed by atoms with Gasteiger partial charge >= 0.3 is 0 Å². The van der Waals surface area contributed by atoms with Gasteiger partial charge in [-0.15, -0.1) is 0 Å². The molecule has 1 aliphatic heterocycles. The van der Waals surface area contributed by atoms with Crippen LogP contribution in [0.2, 0.25) is 0 Å². The molecule has 5 nitrogen and oxygen atoms in total. The van der Waals surface area contributed by atoms with E-state index in [0.717, 1.165) is 38.6 Å². The lowest BCUT2D eigenvalue weighted by molar-refractivity contribution is -0.0459. The number of hydrogen-bond acceptors (Lipinski definition) is 4. The molecule has 0 saturated carbocycles.